The van der Waals surface area contributed by atoms with E-state index in [1.807, 2.05) is 6.07 Å². The molecule has 1 saturated heterocycles. The third-order valence-corrected chi connectivity index (χ3v) is 3.35. The first-order valence-corrected chi connectivity index (χ1v) is 6.87. The highest BCUT2D eigenvalue weighted by Gasteiger charge is 2.23. The van der Waals surface area contributed by atoms with Gasteiger partial charge in [0.25, 0.3) is 11.5 Å². The Morgan fingerprint density at radius 3 is 2.59 bits per heavy atom. The highest BCUT2D eigenvalue weighted by molar-refractivity contribution is 5.95. The summed E-state index contributed by atoms with van der Waals surface area (Å²) in [5.74, 6) is -0.560. The van der Waals surface area contributed by atoms with E-state index in [-0.39, 0.29) is 29.6 Å². The van der Waals surface area contributed by atoms with Gasteiger partial charge in [-0.25, -0.2) is 0 Å². The molecule has 1 fully saturated rings. The van der Waals surface area contributed by atoms with E-state index in [4.69, 9.17) is 0 Å². The summed E-state index contributed by atoms with van der Waals surface area (Å²) in [6, 6.07) is 11.6. The Bertz CT molecular complexity index is 770. The van der Waals surface area contributed by atoms with Crippen LogP contribution in [0.25, 0.3) is 5.69 Å². The SMILES string of the molecule is O=C1CN(C(=O)c2ccc(=O)n(-c3ccccc3)n2)CCN1. The second kappa shape index (κ2) is 5.80. The van der Waals surface area contributed by atoms with E-state index in [2.05, 4.69) is 10.4 Å². The average molecular weight is 298 g/mol. The minimum Gasteiger partial charge on any atom is -0.353 e. The number of para-hydroxylation sites is 1. The van der Waals surface area contributed by atoms with E-state index < -0.39 is 0 Å². The zero-order chi connectivity index (χ0) is 15.5. The van der Waals surface area contributed by atoms with Crippen LogP contribution >= 0.6 is 0 Å². The number of piperazine rings is 1. The average Bonchev–Trinajstić information content (AvgIpc) is 2.55. The maximum absolute atomic E-state index is 12.4. The van der Waals surface area contributed by atoms with E-state index in [9.17, 15) is 14.4 Å². The van der Waals surface area contributed by atoms with Crippen molar-refractivity contribution in [1.29, 1.82) is 0 Å². The van der Waals surface area contributed by atoms with Gasteiger partial charge in [-0.2, -0.15) is 9.78 Å². The Morgan fingerprint density at radius 1 is 1.09 bits per heavy atom. The summed E-state index contributed by atoms with van der Waals surface area (Å²) in [4.78, 5) is 37.1. The van der Waals surface area contributed by atoms with Crippen LogP contribution in [0.2, 0.25) is 0 Å². The summed E-state index contributed by atoms with van der Waals surface area (Å²) >= 11 is 0. The van der Waals surface area contributed by atoms with E-state index in [0.717, 1.165) is 0 Å². The maximum Gasteiger partial charge on any atom is 0.274 e. The summed E-state index contributed by atoms with van der Waals surface area (Å²) in [5, 5.41) is 6.78. The van der Waals surface area contributed by atoms with Gasteiger partial charge in [0.15, 0.2) is 0 Å². The molecule has 1 aliphatic rings. The minimum atomic E-state index is -0.362. The number of aromatic nitrogens is 2. The number of hydrogen-bond donors (Lipinski definition) is 1. The Morgan fingerprint density at radius 2 is 1.86 bits per heavy atom. The third-order valence-electron chi connectivity index (χ3n) is 3.35. The molecular formula is C15H14N4O3. The monoisotopic (exact) mass is 298 g/mol. The van der Waals surface area contributed by atoms with Crippen molar-refractivity contribution in [3.63, 3.8) is 0 Å². The molecule has 0 unspecified atom stereocenters. The van der Waals surface area contributed by atoms with Crippen LogP contribution in [0.1, 0.15) is 10.5 Å². The zero-order valence-electron chi connectivity index (χ0n) is 11.7. The van der Waals surface area contributed by atoms with Crippen molar-refractivity contribution in [3.05, 3.63) is 58.5 Å². The number of nitrogens with one attached hydrogen (secondary N) is 1. The number of benzene rings is 1. The van der Waals surface area contributed by atoms with Crippen molar-refractivity contribution in [2.75, 3.05) is 19.6 Å². The number of hydrogen-bond acceptors (Lipinski definition) is 4. The molecular weight excluding hydrogens is 284 g/mol. The van der Waals surface area contributed by atoms with Crippen molar-refractivity contribution < 1.29 is 9.59 Å². The molecule has 1 aromatic carbocycles. The number of carbonyl (C=O) groups is 2. The first-order chi connectivity index (χ1) is 10.6. The van der Waals surface area contributed by atoms with Gasteiger partial charge in [-0.05, 0) is 18.2 Å². The normalized spacial score (nSPS) is 14.5. The molecule has 7 heteroatoms. The van der Waals surface area contributed by atoms with Crippen LogP contribution in [0.15, 0.2) is 47.3 Å². The molecule has 2 aromatic rings. The molecule has 0 atom stereocenters. The van der Waals surface area contributed by atoms with Crippen LogP contribution in [0.3, 0.4) is 0 Å². The minimum absolute atomic E-state index is 0.00494. The van der Waals surface area contributed by atoms with Crippen LogP contribution in [-0.2, 0) is 4.79 Å². The zero-order valence-corrected chi connectivity index (χ0v) is 11.7. The quantitative estimate of drug-likeness (QED) is 0.832. The summed E-state index contributed by atoms with van der Waals surface area (Å²) in [5.41, 5.74) is 0.399. The Labute approximate surface area is 126 Å². The predicted octanol–water partition coefficient (Wildman–Crippen LogP) is -0.196. The third kappa shape index (κ3) is 2.73. The Hall–Kier alpha value is -2.96. The summed E-state index contributed by atoms with van der Waals surface area (Å²) < 4.78 is 1.18. The van der Waals surface area contributed by atoms with Crippen molar-refractivity contribution in [3.8, 4) is 5.69 Å². The molecule has 1 aromatic heterocycles. The van der Waals surface area contributed by atoms with Gasteiger partial charge < -0.3 is 10.2 Å². The van der Waals surface area contributed by atoms with Gasteiger partial charge in [-0.1, -0.05) is 18.2 Å². The lowest BCUT2D eigenvalue weighted by molar-refractivity contribution is -0.123. The second-order valence-electron chi connectivity index (χ2n) is 4.88. The van der Waals surface area contributed by atoms with Gasteiger partial charge in [0, 0.05) is 19.2 Å². The smallest absolute Gasteiger partial charge is 0.274 e. The van der Waals surface area contributed by atoms with Gasteiger partial charge in [0.2, 0.25) is 5.91 Å². The predicted molar refractivity (Wildman–Crippen MR) is 78.7 cm³/mol. The van der Waals surface area contributed by atoms with E-state index in [1.54, 1.807) is 24.3 Å². The molecule has 0 aliphatic carbocycles. The molecule has 112 valence electrons. The summed E-state index contributed by atoms with van der Waals surface area (Å²) in [6.45, 7) is 0.852. The van der Waals surface area contributed by atoms with Crippen LogP contribution in [-0.4, -0.2) is 46.1 Å². The first-order valence-electron chi connectivity index (χ1n) is 6.87. The van der Waals surface area contributed by atoms with Crippen LogP contribution < -0.4 is 10.9 Å². The summed E-state index contributed by atoms with van der Waals surface area (Å²) in [6.07, 6.45) is 0. The number of rotatable bonds is 2. The lowest BCUT2D eigenvalue weighted by Crippen LogP contribution is -2.50. The lowest BCUT2D eigenvalue weighted by atomic mass is 10.3. The molecule has 0 radical (unpaired) electrons. The molecule has 2 heterocycles. The molecule has 3 rings (SSSR count). The van der Waals surface area contributed by atoms with Crippen molar-refractivity contribution in [2.45, 2.75) is 0 Å². The van der Waals surface area contributed by atoms with Crippen molar-refractivity contribution in [2.24, 2.45) is 0 Å². The topological polar surface area (TPSA) is 84.3 Å². The molecule has 0 saturated carbocycles. The highest BCUT2D eigenvalue weighted by atomic mass is 16.2. The molecule has 2 amide bonds. The van der Waals surface area contributed by atoms with Crippen molar-refractivity contribution >= 4 is 11.8 Å². The molecule has 1 aliphatic heterocycles. The van der Waals surface area contributed by atoms with Gasteiger partial charge in [0.1, 0.15) is 5.69 Å². The van der Waals surface area contributed by atoms with Gasteiger partial charge in [0.05, 0.1) is 12.2 Å². The van der Waals surface area contributed by atoms with Crippen molar-refractivity contribution in [1.82, 2.24) is 20.0 Å². The standard InChI is InChI=1S/C15H14N4O3/c20-13-10-18(9-8-16-13)15(22)12-6-7-14(21)19(17-12)11-4-2-1-3-5-11/h1-7H,8-10H2,(H,16,20). The van der Waals surface area contributed by atoms with Gasteiger partial charge >= 0.3 is 0 Å². The second-order valence-corrected chi connectivity index (χ2v) is 4.88. The molecule has 1 N–H and O–H groups in total. The number of carbonyl (C=O) groups excluding carboxylic acids is 2. The fourth-order valence-corrected chi connectivity index (χ4v) is 2.25. The molecule has 7 nitrogen and oxygen atoms in total. The lowest BCUT2D eigenvalue weighted by Gasteiger charge is -2.26. The van der Waals surface area contributed by atoms with E-state index >= 15 is 0 Å². The maximum atomic E-state index is 12.4. The fourth-order valence-electron chi connectivity index (χ4n) is 2.25. The molecule has 0 spiro atoms. The van der Waals surface area contributed by atoms with E-state index in [0.29, 0.717) is 18.8 Å². The number of amides is 2. The first kappa shape index (κ1) is 14.0. The highest BCUT2D eigenvalue weighted by Crippen LogP contribution is 2.06. The van der Waals surface area contributed by atoms with Crippen LogP contribution in [0.5, 0.6) is 0 Å². The number of nitrogens with zero attached hydrogens (tertiary/aromatic N) is 3. The summed E-state index contributed by atoms with van der Waals surface area (Å²) in [7, 11) is 0. The van der Waals surface area contributed by atoms with Gasteiger partial charge in [-0.3, -0.25) is 14.4 Å². The van der Waals surface area contributed by atoms with Crippen LogP contribution in [0, 0.1) is 0 Å². The molecule has 0 bridgehead atoms. The molecule has 22 heavy (non-hydrogen) atoms. The van der Waals surface area contributed by atoms with E-state index in [1.165, 1.54) is 21.7 Å². The largest absolute Gasteiger partial charge is 0.353 e. The van der Waals surface area contributed by atoms with Gasteiger partial charge in [-0.15, -0.1) is 0 Å². The Balaban J connectivity index is 1.94. The fraction of sp³-hybridized carbons (Fsp3) is 0.200. The van der Waals surface area contributed by atoms with Crippen LogP contribution in [0.4, 0.5) is 0 Å². The Kier molecular flexibility index (Phi) is 3.69.